The Morgan fingerprint density at radius 2 is 0.621 bits per heavy atom. The van der Waals surface area contributed by atoms with Gasteiger partial charge in [-0.2, -0.15) is 0 Å². The van der Waals surface area contributed by atoms with Gasteiger partial charge in [-0.1, -0.05) is 173 Å². The molecule has 0 heterocycles. The van der Waals surface area contributed by atoms with E-state index in [0.29, 0.717) is 0 Å². The summed E-state index contributed by atoms with van der Waals surface area (Å²) in [6.45, 7) is 9.51. The van der Waals surface area contributed by atoms with Crippen molar-refractivity contribution in [3.8, 4) is 55.6 Å². The van der Waals surface area contributed by atoms with E-state index in [9.17, 15) is 0 Å². The van der Waals surface area contributed by atoms with Crippen LogP contribution >= 0.6 is 0 Å². The van der Waals surface area contributed by atoms with E-state index < -0.39 is 0 Å². The van der Waals surface area contributed by atoms with Crippen molar-refractivity contribution in [2.75, 3.05) is 0 Å². The van der Waals surface area contributed by atoms with Crippen LogP contribution in [-0.2, 0) is 10.8 Å². The molecule has 0 heteroatoms. The highest BCUT2D eigenvalue weighted by molar-refractivity contribution is 6.33. The molecule has 0 saturated heterocycles. The first-order chi connectivity index (χ1) is 28.3. The van der Waals surface area contributed by atoms with Crippen LogP contribution in [0.4, 0.5) is 0 Å². The van der Waals surface area contributed by atoms with Crippen LogP contribution in [0.15, 0.2) is 182 Å². The molecule has 0 atom stereocenters. The van der Waals surface area contributed by atoms with E-state index in [4.69, 9.17) is 0 Å². The largest absolute Gasteiger partial charge is 0.0619 e. The average molecular weight is 739 g/mol. The molecule has 0 amide bonds. The summed E-state index contributed by atoms with van der Waals surface area (Å²) in [7, 11) is 0. The van der Waals surface area contributed by atoms with Crippen molar-refractivity contribution in [1.82, 2.24) is 0 Å². The van der Waals surface area contributed by atoms with Crippen LogP contribution in [0, 0.1) is 0 Å². The molecule has 0 saturated carbocycles. The van der Waals surface area contributed by atoms with Gasteiger partial charge in [0.1, 0.15) is 0 Å². The monoisotopic (exact) mass is 738 g/mol. The van der Waals surface area contributed by atoms with E-state index in [-0.39, 0.29) is 10.8 Å². The molecule has 12 rings (SSSR count). The summed E-state index contributed by atoms with van der Waals surface area (Å²) in [5, 5.41) is 10.4. The van der Waals surface area contributed by atoms with Gasteiger partial charge in [0.05, 0.1) is 0 Å². The second-order valence-electron chi connectivity index (χ2n) is 17.6. The number of fused-ring (bicyclic) bond motifs is 14. The molecule has 0 nitrogen and oxygen atoms in total. The molecular formula is C58H42. The highest BCUT2D eigenvalue weighted by atomic mass is 14.4. The Morgan fingerprint density at radius 1 is 0.241 bits per heavy atom. The average Bonchev–Trinajstić information content (AvgIpc) is 3.64. The first-order valence-electron chi connectivity index (χ1n) is 20.7. The van der Waals surface area contributed by atoms with Crippen molar-refractivity contribution >= 4 is 43.1 Å². The summed E-state index contributed by atoms with van der Waals surface area (Å²) in [5.74, 6) is 0. The van der Waals surface area contributed by atoms with Crippen molar-refractivity contribution in [3.05, 3.63) is 204 Å². The van der Waals surface area contributed by atoms with Crippen LogP contribution < -0.4 is 0 Å². The molecule has 10 aromatic rings. The van der Waals surface area contributed by atoms with Crippen LogP contribution in [0.5, 0.6) is 0 Å². The Bertz CT molecular complexity index is 3260. The molecule has 0 aliphatic heterocycles. The van der Waals surface area contributed by atoms with E-state index >= 15 is 0 Å². The van der Waals surface area contributed by atoms with E-state index in [1.165, 1.54) is 121 Å². The lowest BCUT2D eigenvalue weighted by atomic mass is 9.80. The predicted molar refractivity (Wildman–Crippen MR) is 248 cm³/mol. The molecule has 274 valence electrons. The highest BCUT2D eigenvalue weighted by Crippen LogP contribution is 2.52. The van der Waals surface area contributed by atoms with Gasteiger partial charge in [0.15, 0.2) is 0 Å². The first kappa shape index (κ1) is 33.4. The zero-order chi connectivity index (χ0) is 38.9. The predicted octanol–water partition coefficient (Wildman–Crippen LogP) is 15.9. The van der Waals surface area contributed by atoms with Gasteiger partial charge in [0.25, 0.3) is 0 Å². The van der Waals surface area contributed by atoms with Gasteiger partial charge < -0.3 is 0 Å². The maximum Gasteiger partial charge on any atom is 0.0159 e. The SMILES string of the molecule is CC1(C)c2ccccc2-c2ccc(-c3cc(-c4ccc5c(c4)C(C)(C)c4ccccc4-5)cc(-c4cc5c6ccccc6c6ccccc6c5c5ccccc45)c3)cc21. The van der Waals surface area contributed by atoms with Gasteiger partial charge in [0.2, 0.25) is 0 Å². The van der Waals surface area contributed by atoms with E-state index in [1.54, 1.807) is 0 Å². The van der Waals surface area contributed by atoms with E-state index in [2.05, 4.69) is 210 Å². The Kier molecular flexibility index (Phi) is 6.84. The first-order valence-corrected chi connectivity index (χ1v) is 20.7. The topological polar surface area (TPSA) is 0 Å². The molecule has 2 aliphatic carbocycles. The lowest BCUT2D eigenvalue weighted by Crippen LogP contribution is -2.15. The van der Waals surface area contributed by atoms with Gasteiger partial charge in [-0.05, 0) is 157 Å². The second-order valence-corrected chi connectivity index (χ2v) is 17.6. The third-order valence-corrected chi connectivity index (χ3v) is 13.8. The second kappa shape index (κ2) is 11.9. The summed E-state index contributed by atoms with van der Waals surface area (Å²) in [6.07, 6.45) is 0. The van der Waals surface area contributed by atoms with Crippen molar-refractivity contribution in [1.29, 1.82) is 0 Å². The van der Waals surface area contributed by atoms with Gasteiger partial charge in [-0.25, -0.2) is 0 Å². The molecule has 0 fully saturated rings. The van der Waals surface area contributed by atoms with Crippen molar-refractivity contribution < 1.29 is 0 Å². The van der Waals surface area contributed by atoms with Crippen molar-refractivity contribution in [2.24, 2.45) is 0 Å². The number of rotatable bonds is 3. The molecule has 0 N–H and O–H groups in total. The lowest BCUT2D eigenvalue weighted by molar-refractivity contribution is 0.660. The number of hydrogen-bond acceptors (Lipinski definition) is 0. The molecule has 0 spiro atoms. The Morgan fingerprint density at radius 3 is 1.16 bits per heavy atom. The molecule has 0 radical (unpaired) electrons. The summed E-state index contributed by atoms with van der Waals surface area (Å²) < 4.78 is 0. The van der Waals surface area contributed by atoms with Crippen LogP contribution in [-0.4, -0.2) is 0 Å². The molecule has 0 unspecified atom stereocenters. The number of benzene rings is 10. The third kappa shape index (κ3) is 4.58. The molecule has 10 aromatic carbocycles. The quantitative estimate of drug-likeness (QED) is 0.158. The fraction of sp³-hybridized carbons (Fsp3) is 0.103. The zero-order valence-corrected chi connectivity index (χ0v) is 33.3. The van der Waals surface area contributed by atoms with Crippen LogP contribution in [0.2, 0.25) is 0 Å². The summed E-state index contributed by atoms with van der Waals surface area (Å²) >= 11 is 0. The maximum absolute atomic E-state index is 2.49. The third-order valence-electron chi connectivity index (χ3n) is 13.8. The molecule has 0 aromatic heterocycles. The maximum atomic E-state index is 2.49. The Labute approximate surface area is 340 Å². The summed E-state index contributed by atoms with van der Waals surface area (Å²) in [6, 6.07) is 69.0. The smallest absolute Gasteiger partial charge is 0.0159 e. The zero-order valence-electron chi connectivity index (χ0n) is 33.3. The molecule has 2 aliphatic rings. The molecule has 0 bridgehead atoms. The Hall–Kier alpha value is -6.76. The van der Waals surface area contributed by atoms with E-state index in [1.807, 2.05) is 0 Å². The normalized spacial score (nSPS) is 14.5. The van der Waals surface area contributed by atoms with Crippen LogP contribution in [0.25, 0.3) is 98.7 Å². The van der Waals surface area contributed by atoms with Crippen molar-refractivity contribution in [2.45, 2.75) is 38.5 Å². The molecular weight excluding hydrogens is 697 g/mol. The molecule has 58 heavy (non-hydrogen) atoms. The standard InChI is InChI=1S/C58H42/c1-57(2)52-23-13-11-19-44(52)46-27-25-35(32-54(46)57)37-29-38(36-26-28-47-45-20-12-14-24-53(45)58(3,4)55(47)33-36)31-39(30-37)50-34-51-42-17-6-5-15-40(42)41-16-7-9-21-48(41)56(51)49-22-10-8-18-43(49)50/h5-34H,1-4H3. The highest BCUT2D eigenvalue weighted by Gasteiger charge is 2.36. The summed E-state index contributed by atoms with van der Waals surface area (Å²) in [4.78, 5) is 0. The van der Waals surface area contributed by atoms with Gasteiger partial charge >= 0.3 is 0 Å². The fourth-order valence-electron chi connectivity index (χ4n) is 10.9. The minimum atomic E-state index is -0.0820. The fourth-order valence-corrected chi connectivity index (χ4v) is 10.9. The van der Waals surface area contributed by atoms with Gasteiger partial charge in [0, 0.05) is 10.8 Å². The van der Waals surface area contributed by atoms with E-state index in [0.717, 1.165) is 0 Å². The van der Waals surface area contributed by atoms with Crippen LogP contribution in [0.3, 0.4) is 0 Å². The number of hydrogen-bond donors (Lipinski definition) is 0. The lowest BCUT2D eigenvalue weighted by Gasteiger charge is -2.23. The summed E-state index contributed by atoms with van der Waals surface area (Å²) in [5.41, 5.74) is 18.3. The Balaban J connectivity index is 1.14. The van der Waals surface area contributed by atoms with Gasteiger partial charge in [-0.15, -0.1) is 0 Å². The minimum absolute atomic E-state index is 0.0820. The van der Waals surface area contributed by atoms with Crippen molar-refractivity contribution in [3.63, 3.8) is 0 Å². The van der Waals surface area contributed by atoms with Crippen LogP contribution in [0.1, 0.15) is 49.9 Å². The minimum Gasteiger partial charge on any atom is -0.0619 e. The van der Waals surface area contributed by atoms with Gasteiger partial charge in [-0.3, -0.25) is 0 Å².